The molecule has 0 radical (unpaired) electrons. The number of carbonyl (C=O) groups is 3. The van der Waals surface area contributed by atoms with Gasteiger partial charge in [-0.25, -0.2) is 17.6 Å². The fourth-order valence-corrected chi connectivity index (χ4v) is 5.16. The van der Waals surface area contributed by atoms with Crippen LogP contribution in [-0.2, 0) is 14.4 Å². The molecule has 4 rings (SSSR count). The molecule has 6 nitrogen and oxygen atoms in total. The summed E-state index contributed by atoms with van der Waals surface area (Å²) in [5.41, 5.74) is -0.363. The Morgan fingerprint density at radius 2 is 1.41 bits per heavy atom. The molecule has 39 heavy (non-hydrogen) atoms. The Morgan fingerprint density at radius 3 is 2.00 bits per heavy atom. The number of carboxylic acids is 1. The Bertz CT molecular complexity index is 1390. The molecule has 3 N–H and O–H groups in total. The lowest BCUT2D eigenvalue weighted by Crippen LogP contribution is -2.34. The molecule has 3 aromatic carbocycles. The van der Waals surface area contributed by atoms with Crippen LogP contribution in [0.4, 0.5) is 28.9 Å². The van der Waals surface area contributed by atoms with Crippen LogP contribution in [0.1, 0.15) is 23.7 Å². The number of aliphatic carboxylic acids is 1. The van der Waals surface area contributed by atoms with E-state index in [-0.39, 0.29) is 12.5 Å². The van der Waals surface area contributed by atoms with Crippen molar-refractivity contribution in [1.29, 1.82) is 0 Å². The average Bonchev–Trinajstić information content (AvgIpc) is 2.94. The molecule has 202 valence electrons. The Kier molecular flexibility index (Phi) is 8.70. The molecule has 3 unspecified atom stereocenters. The lowest BCUT2D eigenvalue weighted by molar-refractivity contribution is -0.146. The van der Waals surface area contributed by atoms with Crippen LogP contribution in [0.2, 0.25) is 0 Å². The van der Waals surface area contributed by atoms with Crippen molar-refractivity contribution >= 4 is 40.9 Å². The van der Waals surface area contributed by atoms with Gasteiger partial charge in [0.05, 0.1) is 11.8 Å². The molecule has 0 bridgehead atoms. The smallest absolute Gasteiger partial charge is 0.307 e. The molecule has 1 aliphatic rings. The Morgan fingerprint density at radius 1 is 0.821 bits per heavy atom. The number of hydrogen-bond acceptors (Lipinski definition) is 4. The number of carboxylic acid groups (broad SMARTS) is 1. The van der Waals surface area contributed by atoms with Crippen molar-refractivity contribution in [2.75, 3.05) is 10.6 Å². The first kappa shape index (κ1) is 27.9. The molecule has 0 aromatic heterocycles. The summed E-state index contributed by atoms with van der Waals surface area (Å²) >= 11 is 1.01. The summed E-state index contributed by atoms with van der Waals surface area (Å²) in [6.07, 6.45) is 4.08. The predicted molar refractivity (Wildman–Crippen MR) is 138 cm³/mol. The SMILES string of the molecule is O=C(Nc1c(F)c(F)cc(F)c1F)C(Sc1ccc(NC(=O)C2CC=CCC2C(=O)O)cc1)c1ccccc1. The zero-order chi connectivity index (χ0) is 28.1. The Labute approximate surface area is 225 Å². The van der Waals surface area contributed by atoms with Gasteiger partial charge in [0.25, 0.3) is 0 Å². The number of nitrogens with one attached hydrogen (secondary N) is 2. The van der Waals surface area contributed by atoms with Gasteiger partial charge in [0.15, 0.2) is 23.3 Å². The summed E-state index contributed by atoms with van der Waals surface area (Å²) in [5, 5.41) is 13.0. The number of allylic oxidation sites excluding steroid dienone is 2. The Balaban J connectivity index is 1.52. The first-order valence-electron chi connectivity index (χ1n) is 11.8. The number of rotatable bonds is 8. The van der Waals surface area contributed by atoms with E-state index in [4.69, 9.17) is 0 Å². The maximum atomic E-state index is 14.2. The van der Waals surface area contributed by atoms with Crippen LogP contribution < -0.4 is 10.6 Å². The summed E-state index contributed by atoms with van der Waals surface area (Å²) in [6.45, 7) is 0. The van der Waals surface area contributed by atoms with E-state index in [1.165, 1.54) is 0 Å². The minimum Gasteiger partial charge on any atom is -0.481 e. The molecule has 0 fully saturated rings. The first-order chi connectivity index (χ1) is 18.7. The van der Waals surface area contributed by atoms with Crippen LogP contribution in [0.25, 0.3) is 0 Å². The number of benzene rings is 3. The van der Waals surface area contributed by atoms with E-state index in [0.29, 0.717) is 22.6 Å². The van der Waals surface area contributed by atoms with Crippen LogP contribution in [0, 0.1) is 35.1 Å². The lowest BCUT2D eigenvalue weighted by atomic mass is 9.82. The molecule has 2 amide bonds. The molecule has 3 aromatic rings. The summed E-state index contributed by atoms with van der Waals surface area (Å²) in [5.74, 6) is -10.7. The van der Waals surface area contributed by atoms with Crippen molar-refractivity contribution in [3.05, 3.63) is 102 Å². The van der Waals surface area contributed by atoms with Gasteiger partial charge in [-0.2, -0.15) is 0 Å². The van der Waals surface area contributed by atoms with Gasteiger partial charge in [0, 0.05) is 16.6 Å². The molecule has 0 saturated carbocycles. The van der Waals surface area contributed by atoms with Crippen LogP contribution in [0.3, 0.4) is 0 Å². The average molecular weight is 559 g/mol. The number of anilines is 2. The highest BCUT2D eigenvalue weighted by atomic mass is 32.2. The van der Waals surface area contributed by atoms with Crippen LogP contribution >= 0.6 is 11.8 Å². The van der Waals surface area contributed by atoms with Gasteiger partial charge in [0.2, 0.25) is 11.8 Å². The van der Waals surface area contributed by atoms with Gasteiger partial charge in [-0.1, -0.05) is 42.5 Å². The highest BCUT2D eigenvalue weighted by Gasteiger charge is 2.34. The molecule has 0 aliphatic heterocycles. The van der Waals surface area contributed by atoms with Gasteiger partial charge < -0.3 is 15.7 Å². The summed E-state index contributed by atoms with van der Waals surface area (Å²) in [6, 6.07) is 14.6. The van der Waals surface area contributed by atoms with Gasteiger partial charge >= 0.3 is 5.97 Å². The van der Waals surface area contributed by atoms with Crippen molar-refractivity contribution in [3.8, 4) is 0 Å². The van der Waals surface area contributed by atoms with Crippen molar-refractivity contribution in [2.24, 2.45) is 11.8 Å². The molecule has 1 aliphatic carbocycles. The molecule has 0 saturated heterocycles. The van der Waals surface area contributed by atoms with Crippen LogP contribution in [0.15, 0.2) is 77.7 Å². The Hall–Kier alpha value is -4.12. The largest absolute Gasteiger partial charge is 0.481 e. The van der Waals surface area contributed by atoms with Crippen molar-refractivity contribution in [3.63, 3.8) is 0 Å². The zero-order valence-corrected chi connectivity index (χ0v) is 21.0. The summed E-state index contributed by atoms with van der Waals surface area (Å²) in [7, 11) is 0. The third-order valence-electron chi connectivity index (χ3n) is 6.16. The first-order valence-corrected chi connectivity index (χ1v) is 12.7. The molecular formula is C28H22F4N2O4S. The van der Waals surface area contributed by atoms with E-state index in [9.17, 15) is 37.1 Å². The summed E-state index contributed by atoms with van der Waals surface area (Å²) < 4.78 is 55.6. The number of carbonyl (C=O) groups excluding carboxylic acids is 2. The third-order valence-corrected chi connectivity index (χ3v) is 7.43. The number of thioether (sulfide) groups is 1. The minimum absolute atomic E-state index is 0.0525. The number of amides is 2. The molecule has 11 heteroatoms. The zero-order valence-electron chi connectivity index (χ0n) is 20.2. The maximum Gasteiger partial charge on any atom is 0.307 e. The molecule has 0 spiro atoms. The standard InChI is InChI=1S/C28H22F4N2O4S/c29-20-14-21(30)23(32)24(22(20)31)34-27(36)25(15-6-2-1-3-7-15)39-17-12-10-16(11-13-17)33-26(35)18-8-4-5-9-19(18)28(37)38/h1-7,10-14,18-19,25H,8-9H2,(H,33,35)(H,34,36)(H,37,38). The van der Waals surface area contributed by atoms with E-state index in [2.05, 4.69) is 5.32 Å². The van der Waals surface area contributed by atoms with Gasteiger partial charge in [-0.3, -0.25) is 14.4 Å². The minimum atomic E-state index is -1.72. The van der Waals surface area contributed by atoms with E-state index in [1.54, 1.807) is 66.7 Å². The monoisotopic (exact) mass is 558 g/mol. The molecular weight excluding hydrogens is 536 g/mol. The second kappa shape index (κ2) is 12.2. The second-order valence-corrected chi connectivity index (χ2v) is 9.93. The number of halogens is 4. The van der Waals surface area contributed by atoms with E-state index in [1.807, 2.05) is 5.32 Å². The third kappa shape index (κ3) is 6.48. The van der Waals surface area contributed by atoms with Gasteiger partial charge in [0.1, 0.15) is 10.9 Å². The summed E-state index contributed by atoms with van der Waals surface area (Å²) in [4.78, 5) is 37.8. The van der Waals surface area contributed by atoms with Gasteiger partial charge in [-0.05, 0) is 42.7 Å². The van der Waals surface area contributed by atoms with E-state index < -0.39 is 63.8 Å². The topological polar surface area (TPSA) is 95.5 Å². The quantitative estimate of drug-likeness (QED) is 0.130. The highest BCUT2D eigenvalue weighted by molar-refractivity contribution is 8.00. The van der Waals surface area contributed by atoms with Crippen LogP contribution in [-0.4, -0.2) is 22.9 Å². The van der Waals surface area contributed by atoms with E-state index >= 15 is 0 Å². The van der Waals surface area contributed by atoms with E-state index in [0.717, 1.165) is 11.8 Å². The lowest BCUT2D eigenvalue weighted by Gasteiger charge is -2.24. The van der Waals surface area contributed by atoms with Crippen molar-refractivity contribution in [2.45, 2.75) is 23.0 Å². The van der Waals surface area contributed by atoms with Crippen molar-refractivity contribution in [1.82, 2.24) is 0 Å². The molecule has 3 atom stereocenters. The predicted octanol–water partition coefficient (Wildman–Crippen LogP) is 6.32. The number of hydrogen-bond donors (Lipinski definition) is 3. The second-order valence-electron chi connectivity index (χ2n) is 8.75. The maximum absolute atomic E-state index is 14.2. The normalized spacial score (nSPS) is 17.3. The highest BCUT2D eigenvalue weighted by Crippen LogP contribution is 2.38. The fraction of sp³-hybridized carbons (Fsp3) is 0.179. The fourth-order valence-electron chi connectivity index (χ4n) is 4.14. The van der Waals surface area contributed by atoms with Crippen LogP contribution in [0.5, 0.6) is 0 Å². The van der Waals surface area contributed by atoms with Crippen molar-refractivity contribution < 1.29 is 37.1 Å². The van der Waals surface area contributed by atoms with Gasteiger partial charge in [-0.15, -0.1) is 11.8 Å². The molecule has 0 heterocycles.